The van der Waals surface area contributed by atoms with Gasteiger partial charge in [0.25, 0.3) is 0 Å². The van der Waals surface area contributed by atoms with Crippen molar-refractivity contribution in [3.8, 4) is 5.75 Å². The quantitative estimate of drug-likeness (QED) is 0.785. The Kier molecular flexibility index (Phi) is 5.15. The number of nitrogens with one attached hydrogen (secondary N) is 1. The molecule has 7 heteroatoms. The van der Waals surface area contributed by atoms with E-state index in [2.05, 4.69) is 10.4 Å². The number of nitrogens with zero attached hydrogens (tertiary/aromatic N) is 2. The number of aromatic nitrogens is 2. The highest BCUT2D eigenvalue weighted by atomic mass is 32.2. The highest BCUT2D eigenvalue weighted by molar-refractivity contribution is 7.90. The molecule has 1 unspecified atom stereocenters. The van der Waals surface area contributed by atoms with Gasteiger partial charge in [-0.1, -0.05) is 6.92 Å². The number of rotatable bonds is 7. The van der Waals surface area contributed by atoms with Crippen molar-refractivity contribution in [2.24, 2.45) is 7.05 Å². The van der Waals surface area contributed by atoms with Crippen LogP contribution in [0, 0.1) is 0 Å². The molecule has 1 heterocycles. The van der Waals surface area contributed by atoms with Gasteiger partial charge in [0, 0.05) is 13.3 Å². The second-order valence-corrected chi connectivity index (χ2v) is 6.51. The molecule has 0 fully saturated rings. The second kappa shape index (κ2) is 6.19. The highest BCUT2D eigenvalue weighted by Crippen LogP contribution is 2.25. The average molecular weight is 275 g/mol. The molecule has 1 rings (SSSR count). The largest absolute Gasteiger partial charge is 0.493 e. The summed E-state index contributed by atoms with van der Waals surface area (Å²) in [5, 5.41) is 7.33. The van der Waals surface area contributed by atoms with Gasteiger partial charge in [0.15, 0.2) is 5.75 Å². The van der Waals surface area contributed by atoms with Gasteiger partial charge in [0.1, 0.15) is 9.84 Å². The minimum absolute atomic E-state index is 0.0306. The molecule has 1 N–H and O–H groups in total. The van der Waals surface area contributed by atoms with E-state index in [9.17, 15) is 8.42 Å². The standard InChI is InChI=1S/C11H21N3O3S/c1-5-6-12-9(8-18(4,15)16)11-10(17-3)7-13-14(11)2/h7,9,12H,5-6,8H2,1-4H3. The van der Waals surface area contributed by atoms with Gasteiger partial charge < -0.3 is 10.1 Å². The van der Waals surface area contributed by atoms with Crippen LogP contribution in [0.3, 0.4) is 0 Å². The third kappa shape index (κ3) is 3.99. The summed E-state index contributed by atoms with van der Waals surface area (Å²) in [5.74, 6) is 0.637. The molecule has 0 aromatic carbocycles. The van der Waals surface area contributed by atoms with Gasteiger partial charge in [-0.15, -0.1) is 0 Å². The van der Waals surface area contributed by atoms with Gasteiger partial charge in [0.2, 0.25) is 0 Å². The lowest BCUT2D eigenvalue weighted by atomic mass is 10.2. The summed E-state index contributed by atoms with van der Waals surface area (Å²) in [6.45, 7) is 2.78. The number of ether oxygens (including phenoxy) is 1. The maximum Gasteiger partial charge on any atom is 0.161 e. The van der Waals surface area contributed by atoms with E-state index in [-0.39, 0.29) is 11.8 Å². The SMILES string of the molecule is CCCNC(CS(C)(=O)=O)c1c(OC)cnn1C. The Balaban J connectivity index is 3.04. The molecule has 0 aliphatic heterocycles. The molecule has 104 valence electrons. The summed E-state index contributed by atoms with van der Waals surface area (Å²) in [6, 6.07) is -0.303. The van der Waals surface area contributed by atoms with Gasteiger partial charge in [0.05, 0.1) is 30.8 Å². The molecule has 0 saturated carbocycles. The molecule has 6 nitrogen and oxygen atoms in total. The van der Waals surface area contributed by atoms with Gasteiger partial charge in [-0.3, -0.25) is 4.68 Å². The van der Waals surface area contributed by atoms with Gasteiger partial charge in [-0.05, 0) is 13.0 Å². The highest BCUT2D eigenvalue weighted by Gasteiger charge is 2.23. The summed E-state index contributed by atoms with van der Waals surface area (Å²) >= 11 is 0. The Morgan fingerprint density at radius 3 is 2.72 bits per heavy atom. The van der Waals surface area contributed by atoms with Crippen LogP contribution in [0.5, 0.6) is 5.75 Å². The van der Waals surface area contributed by atoms with Crippen LogP contribution in [-0.2, 0) is 16.9 Å². The van der Waals surface area contributed by atoms with Crippen molar-refractivity contribution in [1.29, 1.82) is 0 Å². The topological polar surface area (TPSA) is 73.2 Å². The second-order valence-electron chi connectivity index (χ2n) is 4.32. The van der Waals surface area contributed by atoms with Crippen LogP contribution in [-0.4, -0.2) is 43.9 Å². The molecule has 0 amide bonds. The Bertz CT molecular complexity index is 482. The lowest BCUT2D eigenvalue weighted by molar-refractivity contribution is 0.397. The predicted octanol–water partition coefficient (Wildman–Crippen LogP) is 0.514. The molecular formula is C11H21N3O3S. The van der Waals surface area contributed by atoms with Crippen LogP contribution < -0.4 is 10.1 Å². The molecule has 18 heavy (non-hydrogen) atoms. The van der Waals surface area contributed by atoms with Gasteiger partial charge in [-0.2, -0.15) is 5.10 Å². The van der Waals surface area contributed by atoms with Crippen LogP contribution >= 0.6 is 0 Å². The fourth-order valence-electron chi connectivity index (χ4n) is 1.84. The third-order valence-corrected chi connectivity index (χ3v) is 3.55. The van der Waals surface area contributed by atoms with Crippen molar-refractivity contribution in [3.63, 3.8) is 0 Å². The number of sulfone groups is 1. The molecule has 0 bridgehead atoms. The Labute approximate surface area is 108 Å². The first kappa shape index (κ1) is 15.0. The van der Waals surface area contributed by atoms with E-state index < -0.39 is 9.84 Å². The summed E-state index contributed by atoms with van der Waals surface area (Å²) < 4.78 is 29.9. The Morgan fingerprint density at radius 1 is 1.56 bits per heavy atom. The zero-order chi connectivity index (χ0) is 13.8. The summed E-state index contributed by atoms with van der Waals surface area (Å²) in [7, 11) is 0.251. The van der Waals surface area contributed by atoms with E-state index in [1.165, 1.54) is 6.26 Å². The molecule has 1 aromatic heterocycles. The summed E-state index contributed by atoms with van der Waals surface area (Å²) in [5.41, 5.74) is 0.761. The van der Waals surface area contributed by atoms with Crippen LogP contribution in [0.1, 0.15) is 25.1 Å². The third-order valence-electron chi connectivity index (χ3n) is 2.61. The zero-order valence-electron chi connectivity index (χ0n) is 11.3. The van der Waals surface area contributed by atoms with Gasteiger partial charge >= 0.3 is 0 Å². The van der Waals surface area contributed by atoms with E-state index in [4.69, 9.17) is 4.74 Å². The first-order valence-electron chi connectivity index (χ1n) is 5.86. The first-order chi connectivity index (χ1) is 8.39. The van der Waals surface area contributed by atoms with E-state index in [1.807, 2.05) is 6.92 Å². The smallest absolute Gasteiger partial charge is 0.161 e. The molecule has 0 saturated heterocycles. The first-order valence-corrected chi connectivity index (χ1v) is 7.92. The minimum Gasteiger partial charge on any atom is -0.493 e. The molecule has 1 atom stereocenters. The average Bonchev–Trinajstić information content (AvgIpc) is 2.64. The van der Waals surface area contributed by atoms with Crippen molar-refractivity contribution < 1.29 is 13.2 Å². The van der Waals surface area contributed by atoms with Crippen molar-refractivity contribution >= 4 is 9.84 Å². The molecule has 0 radical (unpaired) electrons. The summed E-state index contributed by atoms with van der Waals surface area (Å²) in [4.78, 5) is 0. The maximum atomic E-state index is 11.5. The number of methoxy groups -OCH3 is 1. The van der Waals surface area contributed by atoms with Crippen molar-refractivity contribution in [2.45, 2.75) is 19.4 Å². The van der Waals surface area contributed by atoms with E-state index in [0.29, 0.717) is 5.75 Å². The summed E-state index contributed by atoms with van der Waals surface area (Å²) in [6.07, 6.45) is 3.76. The number of hydrogen-bond acceptors (Lipinski definition) is 5. The molecule has 1 aromatic rings. The van der Waals surface area contributed by atoms with Crippen LogP contribution in [0.15, 0.2) is 6.20 Å². The van der Waals surface area contributed by atoms with Crippen molar-refractivity contribution in [3.05, 3.63) is 11.9 Å². The number of aryl methyl sites for hydroxylation is 1. The van der Waals surface area contributed by atoms with Crippen LogP contribution in [0.25, 0.3) is 0 Å². The van der Waals surface area contributed by atoms with Gasteiger partial charge in [-0.25, -0.2) is 8.42 Å². The van der Waals surface area contributed by atoms with Crippen LogP contribution in [0.4, 0.5) is 0 Å². The van der Waals surface area contributed by atoms with Crippen molar-refractivity contribution in [2.75, 3.05) is 25.7 Å². The Morgan fingerprint density at radius 2 is 2.22 bits per heavy atom. The Hall–Kier alpha value is -1.08. The molecule has 0 aliphatic rings. The monoisotopic (exact) mass is 275 g/mol. The normalized spacial score (nSPS) is 13.6. The molecular weight excluding hydrogens is 254 g/mol. The van der Waals surface area contributed by atoms with E-state index >= 15 is 0 Å². The molecule has 0 spiro atoms. The fourth-order valence-corrected chi connectivity index (χ4v) is 2.72. The van der Waals surface area contributed by atoms with E-state index in [1.54, 1.807) is 25.0 Å². The number of hydrogen-bond donors (Lipinski definition) is 1. The predicted molar refractivity (Wildman–Crippen MR) is 70.5 cm³/mol. The maximum absolute atomic E-state index is 11.5. The lowest BCUT2D eigenvalue weighted by Gasteiger charge is -2.19. The fraction of sp³-hybridized carbons (Fsp3) is 0.727. The lowest BCUT2D eigenvalue weighted by Crippen LogP contribution is -2.30. The zero-order valence-corrected chi connectivity index (χ0v) is 12.1. The van der Waals surface area contributed by atoms with E-state index in [0.717, 1.165) is 18.7 Å². The molecule has 0 aliphatic carbocycles. The van der Waals surface area contributed by atoms with Crippen molar-refractivity contribution in [1.82, 2.24) is 15.1 Å². The van der Waals surface area contributed by atoms with Crippen LogP contribution in [0.2, 0.25) is 0 Å². The minimum atomic E-state index is -3.08.